The van der Waals surface area contributed by atoms with Crippen molar-refractivity contribution in [2.75, 3.05) is 18.0 Å². The van der Waals surface area contributed by atoms with Crippen molar-refractivity contribution in [3.8, 4) is 0 Å². The molecule has 1 N–H and O–H groups in total. The minimum Gasteiger partial charge on any atom is -0.391 e. The molecule has 7 heteroatoms. The molecule has 1 aliphatic rings. The van der Waals surface area contributed by atoms with Gasteiger partial charge in [0.05, 0.1) is 11.7 Å². The number of anilines is 1. The van der Waals surface area contributed by atoms with Crippen molar-refractivity contribution < 1.29 is 22.7 Å². The number of halogens is 4. The molecule has 3 nitrogen and oxygen atoms in total. The summed E-state index contributed by atoms with van der Waals surface area (Å²) in [6, 6.07) is 0.424. The number of rotatable bonds is 1. The van der Waals surface area contributed by atoms with Gasteiger partial charge < -0.3 is 10.0 Å². The van der Waals surface area contributed by atoms with Crippen LogP contribution in [0.1, 0.15) is 12.0 Å². The van der Waals surface area contributed by atoms with Gasteiger partial charge >= 0.3 is 6.18 Å². The van der Waals surface area contributed by atoms with E-state index in [9.17, 15) is 22.7 Å². The number of hydrogen-bond donors (Lipinski definition) is 1. The summed E-state index contributed by atoms with van der Waals surface area (Å²) < 4.78 is 50.3. The molecule has 0 saturated carbocycles. The van der Waals surface area contributed by atoms with Gasteiger partial charge in [0.1, 0.15) is 0 Å². The van der Waals surface area contributed by atoms with E-state index in [0.717, 1.165) is 0 Å². The first-order valence-corrected chi connectivity index (χ1v) is 5.03. The lowest BCUT2D eigenvalue weighted by Gasteiger charge is -2.18. The van der Waals surface area contributed by atoms with Crippen LogP contribution >= 0.6 is 0 Å². The second-order valence-electron chi connectivity index (χ2n) is 3.92. The summed E-state index contributed by atoms with van der Waals surface area (Å²) in [5.41, 5.74) is -1.11. The highest BCUT2D eigenvalue weighted by Crippen LogP contribution is 2.31. The van der Waals surface area contributed by atoms with Crippen LogP contribution in [0.15, 0.2) is 12.3 Å². The molecule has 1 aromatic rings. The van der Waals surface area contributed by atoms with Gasteiger partial charge in [0, 0.05) is 19.3 Å². The summed E-state index contributed by atoms with van der Waals surface area (Å²) in [7, 11) is 0. The van der Waals surface area contributed by atoms with Crippen molar-refractivity contribution in [3.63, 3.8) is 0 Å². The molecule has 0 spiro atoms. The largest absolute Gasteiger partial charge is 0.417 e. The average Bonchev–Trinajstić information content (AvgIpc) is 2.63. The third-order valence-electron chi connectivity index (χ3n) is 2.61. The fraction of sp³-hybridized carbons (Fsp3) is 0.500. The fourth-order valence-electron chi connectivity index (χ4n) is 1.75. The number of aromatic nitrogens is 1. The van der Waals surface area contributed by atoms with E-state index in [4.69, 9.17) is 0 Å². The molecule has 0 radical (unpaired) electrons. The predicted octanol–water partition coefficient (Wildman–Crippen LogP) is 1.81. The molecule has 0 aliphatic carbocycles. The normalized spacial score (nSPS) is 21.0. The minimum absolute atomic E-state index is 0.144. The summed E-state index contributed by atoms with van der Waals surface area (Å²) in [5.74, 6) is -1.16. The number of aliphatic hydroxyl groups is 1. The first kappa shape index (κ1) is 12.1. The van der Waals surface area contributed by atoms with Gasteiger partial charge in [-0.15, -0.1) is 0 Å². The molecule has 0 amide bonds. The average molecular weight is 250 g/mol. The first-order valence-electron chi connectivity index (χ1n) is 5.03. The number of alkyl halides is 3. The smallest absolute Gasteiger partial charge is 0.391 e. The lowest BCUT2D eigenvalue weighted by Crippen LogP contribution is -2.23. The van der Waals surface area contributed by atoms with E-state index in [1.54, 1.807) is 0 Å². The third kappa shape index (κ3) is 2.49. The highest BCUT2D eigenvalue weighted by molar-refractivity contribution is 5.42. The maximum Gasteiger partial charge on any atom is 0.417 e. The maximum absolute atomic E-state index is 13.5. The molecule has 1 aliphatic heterocycles. The van der Waals surface area contributed by atoms with Gasteiger partial charge in [-0.05, 0) is 12.5 Å². The van der Waals surface area contributed by atoms with Gasteiger partial charge in [0.15, 0.2) is 11.6 Å². The van der Waals surface area contributed by atoms with Crippen LogP contribution < -0.4 is 4.90 Å². The van der Waals surface area contributed by atoms with Crippen molar-refractivity contribution in [1.82, 2.24) is 4.98 Å². The molecule has 1 unspecified atom stereocenters. The lowest BCUT2D eigenvalue weighted by molar-refractivity contribution is -0.138. The molecule has 1 fully saturated rings. The summed E-state index contributed by atoms with van der Waals surface area (Å²) in [6.07, 6.45) is -4.12. The molecular formula is C10H10F4N2O. The summed E-state index contributed by atoms with van der Waals surface area (Å²) in [6.45, 7) is 0.575. The van der Waals surface area contributed by atoms with Crippen molar-refractivity contribution in [3.05, 3.63) is 23.6 Å². The number of nitrogens with zero attached hydrogens (tertiary/aromatic N) is 2. The summed E-state index contributed by atoms with van der Waals surface area (Å²) >= 11 is 0. The SMILES string of the molecule is OC1CCN(c2ncc(C(F)(F)F)cc2F)C1. The highest BCUT2D eigenvalue weighted by atomic mass is 19.4. The van der Waals surface area contributed by atoms with E-state index in [0.29, 0.717) is 25.2 Å². The van der Waals surface area contributed by atoms with Crippen LogP contribution in [0.5, 0.6) is 0 Å². The van der Waals surface area contributed by atoms with Crippen LogP contribution in [-0.4, -0.2) is 29.3 Å². The second-order valence-corrected chi connectivity index (χ2v) is 3.92. The van der Waals surface area contributed by atoms with Gasteiger partial charge in [-0.2, -0.15) is 13.2 Å². The zero-order chi connectivity index (χ0) is 12.6. The fourth-order valence-corrected chi connectivity index (χ4v) is 1.75. The third-order valence-corrected chi connectivity index (χ3v) is 2.61. The highest BCUT2D eigenvalue weighted by Gasteiger charge is 2.33. The van der Waals surface area contributed by atoms with Crippen LogP contribution in [0.25, 0.3) is 0 Å². The molecular weight excluding hydrogens is 240 g/mol. The first-order chi connectivity index (χ1) is 7.88. The van der Waals surface area contributed by atoms with Gasteiger partial charge in [0.25, 0.3) is 0 Å². The van der Waals surface area contributed by atoms with Crippen molar-refractivity contribution in [2.24, 2.45) is 0 Å². The molecule has 2 heterocycles. The Morgan fingerprint density at radius 1 is 1.41 bits per heavy atom. The number of pyridine rings is 1. The number of aliphatic hydroxyl groups excluding tert-OH is 1. The predicted molar refractivity (Wildman–Crippen MR) is 52.0 cm³/mol. The van der Waals surface area contributed by atoms with Crippen LogP contribution in [0, 0.1) is 5.82 Å². The Bertz CT molecular complexity index is 421. The molecule has 17 heavy (non-hydrogen) atoms. The molecule has 1 aromatic heterocycles. The van der Waals surface area contributed by atoms with Crippen molar-refractivity contribution in [2.45, 2.75) is 18.7 Å². The zero-order valence-corrected chi connectivity index (χ0v) is 8.71. The van der Waals surface area contributed by atoms with Crippen LogP contribution in [0.3, 0.4) is 0 Å². The van der Waals surface area contributed by atoms with Crippen molar-refractivity contribution >= 4 is 5.82 Å². The van der Waals surface area contributed by atoms with Gasteiger partial charge in [-0.3, -0.25) is 0 Å². The van der Waals surface area contributed by atoms with E-state index in [2.05, 4.69) is 4.98 Å². The lowest BCUT2D eigenvalue weighted by atomic mass is 10.2. The van der Waals surface area contributed by atoms with E-state index < -0.39 is 23.7 Å². The number of β-amino-alcohol motifs (C(OH)–C–C–N with tert-alkyl or cyclic N) is 1. The van der Waals surface area contributed by atoms with Crippen LogP contribution in [-0.2, 0) is 6.18 Å². The molecule has 1 atom stereocenters. The Hall–Kier alpha value is -1.37. The van der Waals surface area contributed by atoms with E-state index >= 15 is 0 Å². The maximum atomic E-state index is 13.5. The van der Waals surface area contributed by atoms with Crippen LogP contribution in [0.4, 0.5) is 23.4 Å². The Kier molecular flexibility index (Phi) is 2.94. The van der Waals surface area contributed by atoms with Gasteiger partial charge in [-0.25, -0.2) is 9.37 Å². The Morgan fingerprint density at radius 3 is 2.59 bits per heavy atom. The molecule has 1 saturated heterocycles. The number of hydrogen-bond acceptors (Lipinski definition) is 3. The van der Waals surface area contributed by atoms with E-state index in [-0.39, 0.29) is 12.4 Å². The molecule has 94 valence electrons. The minimum atomic E-state index is -4.60. The Morgan fingerprint density at radius 2 is 2.12 bits per heavy atom. The second kappa shape index (κ2) is 4.14. The van der Waals surface area contributed by atoms with Gasteiger partial charge in [-0.1, -0.05) is 0 Å². The molecule has 0 aromatic carbocycles. The molecule has 0 bridgehead atoms. The van der Waals surface area contributed by atoms with Crippen LogP contribution in [0.2, 0.25) is 0 Å². The van der Waals surface area contributed by atoms with E-state index in [1.807, 2.05) is 0 Å². The standard InChI is InChI=1S/C10H10F4N2O/c11-8-3-6(10(12,13)14)4-15-9(8)16-2-1-7(17)5-16/h3-4,7,17H,1-2,5H2. The molecule has 2 rings (SSSR count). The summed E-state index contributed by atoms with van der Waals surface area (Å²) in [5, 5.41) is 9.26. The quantitative estimate of drug-likeness (QED) is 0.772. The zero-order valence-electron chi connectivity index (χ0n) is 8.71. The monoisotopic (exact) mass is 250 g/mol. The topological polar surface area (TPSA) is 36.4 Å². The summed E-state index contributed by atoms with van der Waals surface area (Å²) in [4.78, 5) is 4.91. The van der Waals surface area contributed by atoms with Crippen molar-refractivity contribution in [1.29, 1.82) is 0 Å². The Balaban J connectivity index is 2.26. The van der Waals surface area contributed by atoms with E-state index in [1.165, 1.54) is 4.90 Å². The van der Waals surface area contributed by atoms with Gasteiger partial charge in [0.2, 0.25) is 0 Å². The Labute approximate surface area is 94.7 Å².